The lowest BCUT2D eigenvalue weighted by atomic mass is 10.1. The molecule has 8 heteroatoms. The summed E-state index contributed by atoms with van der Waals surface area (Å²) in [6.45, 7) is 1.83. The largest absolute Gasteiger partial charge is 0.396 e. The standard InChI is InChI=1S/C17H25N5O2S/c1-19-17(24)21(7-6-20(2)3)8-13-4-5-14(10-23)22(9-13)16-12-25-11-15(16)18/h4-5,9-12,14H,6-8,18H2,1-3H3,(H,19,24). The molecule has 0 saturated carbocycles. The molecule has 7 nitrogen and oxygen atoms in total. The van der Waals surface area contributed by atoms with Crippen LogP contribution in [-0.2, 0) is 4.79 Å². The van der Waals surface area contributed by atoms with Gasteiger partial charge in [-0.05, 0) is 19.7 Å². The van der Waals surface area contributed by atoms with E-state index in [-0.39, 0.29) is 6.03 Å². The van der Waals surface area contributed by atoms with Crippen molar-refractivity contribution in [1.82, 2.24) is 15.1 Å². The van der Waals surface area contributed by atoms with Crippen LogP contribution in [0.5, 0.6) is 0 Å². The molecule has 1 aliphatic rings. The van der Waals surface area contributed by atoms with E-state index < -0.39 is 6.04 Å². The molecular weight excluding hydrogens is 338 g/mol. The lowest BCUT2D eigenvalue weighted by Crippen LogP contribution is -2.43. The van der Waals surface area contributed by atoms with Crippen LogP contribution in [0.2, 0.25) is 0 Å². The number of likely N-dealkylation sites (N-methyl/N-ethyl adjacent to an activating group) is 1. The van der Waals surface area contributed by atoms with Gasteiger partial charge in [0, 0.05) is 43.6 Å². The molecule has 1 unspecified atom stereocenters. The number of hydrogen-bond donors (Lipinski definition) is 2. The second-order valence-corrected chi connectivity index (χ2v) is 6.83. The number of nitrogens with zero attached hydrogens (tertiary/aromatic N) is 3. The van der Waals surface area contributed by atoms with Crippen molar-refractivity contribution < 1.29 is 9.59 Å². The maximum Gasteiger partial charge on any atom is 0.317 e. The van der Waals surface area contributed by atoms with E-state index in [0.717, 1.165) is 24.1 Å². The van der Waals surface area contributed by atoms with E-state index in [1.165, 1.54) is 11.3 Å². The van der Waals surface area contributed by atoms with E-state index in [1.54, 1.807) is 11.9 Å². The summed E-state index contributed by atoms with van der Waals surface area (Å²) >= 11 is 1.49. The number of nitrogens with two attached hydrogens (primary N) is 1. The molecule has 1 atom stereocenters. The number of amides is 2. The summed E-state index contributed by atoms with van der Waals surface area (Å²) in [6.07, 6.45) is 6.49. The minimum absolute atomic E-state index is 0.129. The van der Waals surface area contributed by atoms with Crippen LogP contribution in [0.4, 0.5) is 16.2 Å². The molecule has 1 aliphatic heterocycles. The van der Waals surface area contributed by atoms with E-state index in [4.69, 9.17) is 5.73 Å². The highest BCUT2D eigenvalue weighted by Gasteiger charge is 2.22. The maximum absolute atomic E-state index is 12.1. The van der Waals surface area contributed by atoms with Crippen molar-refractivity contribution in [3.8, 4) is 0 Å². The van der Waals surface area contributed by atoms with Gasteiger partial charge in [0.2, 0.25) is 0 Å². The Hall–Kier alpha value is -2.32. The second kappa shape index (κ2) is 8.68. The Kier molecular flexibility index (Phi) is 6.60. The number of hydrogen-bond acceptors (Lipinski definition) is 6. The molecule has 3 N–H and O–H groups in total. The van der Waals surface area contributed by atoms with Gasteiger partial charge in [-0.1, -0.05) is 12.2 Å². The van der Waals surface area contributed by atoms with Crippen molar-refractivity contribution >= 4 is 35.0 Å². The quantitative estimate of drug-likeness (QED) is 0.715. The van der Waals surface area contributed by atoms with Crippen molar-refractivity contribution in [2.75, 3.05) is 51.4 Å². The Labute approximate surface area is 152 Å². The number of anilines is 2. The van der Waals surface area contributed by atoms with Gasteiger partial charge in [-0.15, -0.1) is 11.3 Å². The van der Waals surface area contributed by atoms with Crippen LogP contribution in [0.1, 0.15) is 0 Å². The number of rotatable bonds is 7. The number of carbonyl (C=O) groups is 2. The van der Waals surface area contributed by atoms with Crippen molar-refractivity contribution in [1.29, 1.82) is 0 Å². The van der Waals surface area contributed by atoms with Gasteiger partial charge in [0.25, 0.3) is 0 Å². The average molecular weight is 363 g/mol. The molecule has 0 radical (unpaired) electrons. The average Bonchev–Trinajstić information content (AvgIpc) is 3.03. The number of aldehydes is 1. The third-order valence-corrected chi connectivity index (χ3v) is 4.66. The van der Waals surface area contributed by atoms with E-state index >= 15 is 0 Å². The molecule has 2 rings (SSSR count). The smallest absolute Gasteiger partial charge is 0.317 e. The van der Waals surface area contributed by atoms with Crippen LogP contribution in [0.15, 0.2) is 34.7 Å². The molecule has 25 heavy (non-hydrogen) atoms. The van der Waals surface area contributed by atoms with Gasteiger partial charge in [0.05, 0.1) is 11.4 Å². The van der Waals surface area contributed by atoms with Crippen molar-refractivity contribution in [3.63, 3.8) is 0 Å². The monoisotopic (exact) mass is 363 g/mol. The molecular formula is C17H25N5O2S. The Morgan fingerprint density at radius 3 is 2.72 bits per heavy atom. The summed E-state index contributed by atoms with van der Waals surface area (Å²) < 4.78 is 0. The minimum Gasteiger partial charge on any atom is -0.396 e. The van der Waals surface area contributed by atoms with E-state index in [2.05, 4.69) is 5.32 Å². The van der Waals surface area contributed by atoms with Gasteiger partial charge in [0.15, 0.2) is 0 Å². The lowest BCUT2D eigenvalue weighted by Gasteiger charge is -2.30. The third kappa shape index (κ3) is 4.83. The van der Waals surface area contributed by atoms with Crippen LogP contribution >= 0.6 is 11.3 Å². The number of nitrogens with one attached hydrogen (secondary N) is 1. The van der Waals surface area contributed by atoms with E-state index in [0.29, 0.717) is 18.8 Å². The fourth-order valence-corrected chi connectivity index (χ4v) is 3.24. The molecule has 2 amide bonds. The van der Waals surface area contributed by atoms with E-state index in [1.807, 2.05) is 53.0 Å². The zero-order valence-electron chi connectivity index (χ0n) is 14.8. The van der Waals surface area contributed by atoms with Gasteiger partial charge in [-0.25, -0.2) is 4.79 Å². The molecule has 0 bridgehead atoms. The first-order valence-corrected chi connectivity index (χ1v) is 8.96. The first-order valence-electron chi connectivity index (χ1n) is 8.01. The molecule has 0 aliphatic carbocycles. The van der Waals surface area contributed by atoms with Gasteiger partial charge >= 0.3 is 6.03 Å². The summed E-state index contributed by atoms with van der Waals surface area (Å²) in [5.74, 6) is 0. The summed E-state index contributed by atoms with van der Waals surface area (Å²) in [4.78, 5) is 29.2. The summed E-state index contributed by atoms with van der Waals surface area (Å²) in [5, 5.41) is 6.44. The second-order valence-electron chi connectivity index (χ2n) is 6.09. The molecule has 0 aromatic carbocycles. The van der Waals surface area contributed by atoms with Gasteiger partial charge in [0.1, 0.15) is 12.3 Å². The molecule has 1 aromatic heterocycles. The first kappa shape index (κ1) is 19.0. The van der Waals surface area contributed by atoms with Crippen LogP contribution in [0.3, 0.4) is 0 Å². The Bertz CT molecular complexity index is 668. The fraction of sp³-hybridized carbons (Fsp3) is 0.412. The Morgan fingerprint density at radius 2 is 2.16 bits per heavy atom. The van der Waals surface area contributed by atoms with Crippen LogP contribution in [0, 0.1) is 0 Å². The fourth-order valence-electron chi connectivity index (χ4n) is 2.52. The maximum atomic E-state index is 12.1. The van der Waals surface area contributed by atoms with Crippen LogP contribution in [-0.4, -0.2) is 68.9 Å². The van der Waals surface area contributed by atoms with Gasteiger partial charge in [-0.2, -0.15) is 0 Å². The summed E-state index contributed by atoms with van der Waals surface area (Å²) in [6, 6.07) is -0.522. The van der Waals surface area contributed by atoms with Crippen LogP contribution < -0.4 is 16.0 Å². The Morgan fingerprint density at radius 1 is 1.40 bits per heavy atom. The predicted octanol–water partition coefficient (Wildman–Crippen LogP) is 1.36. The van der Waals surface area contributed by atoms with Crippen LogP contribution in [0.25, 0.3) is 0 Å². The summed E-state index contributed by atoms with van der Waals surface area (Å²) in [7, 11) is 5.56. The number of thiophene rings is 1. The van der Waals surface area contributed by atoms with E-state index in [9.17, 15) is 9.59 Å². The molecule has 136 valence electrons. The number of urea groups is 1. The molecule has 0 spiro atoms. The molecule has 0 saturated heterocycles. The predicted molar refractivity (Wildman–Crippen MR) is 103 cm³/mol. The highest BCUT2D eigenvalue weighted by molar-refractivity contribution is 7.08. The van der Waals surface area contributed by atoms with Gasteiger partial charge < -0.3 is 30.5 Å². The number of nitrogen functional groups attached to an aromatic ring is 1. The molecule has 0 fully saturated rings. The SMILES string of the molecule is CNC(=O)N(CCN(C)C)CC1=CN(c2cscc2N)C(C=O)C=C1. The zero-order valence-corrected chi connectivity index (χ0v) is 15.6. The van der Waals surface area contributed by atoms with Crippen molar-refractivity contribution in [3.05, 3.63) is 34.7 Å². The molecule has 1 aromatic rings. The molecule has 2 heterocycles. The normalized spacial score (nSPS) is 16.7. The Balaban J connectivity index is 2.19. The highest BCUT2D eigenvalue weighted by atomic mass is 32.1. The summed E-state index contributed by atoms with van der Waals surface area (Å²) in [5.41, 5.74) is 8.39. The zero-order chi connectivity index (χ0) is 18.4. The first-order chi connectivity index (χ1) is 12.0. The highest BCUT2D eigenvalue weighted by Crippen LogP contribution is 2.31. The number of carbonyl (C=O) groups excluding carboxylic acids is 2. The van der Waals surface area contributed by atoms with Crippen molar-refractivity contribution in [2.45, 2.75) is 6.04 Å². The lowest BCUT2D eigenvalue weighted by molar-refractivity contribution is -0.108. The minimum atomic E-state index is -0.393. The topological polar surface area (TPSA) is 81.9 Å². The van der Waals surface area contributed by atoms with Crippen molar-refractivity contribution in [2.24, 2.45) is 0 Å². The van der Waals surface area contributed by atoms with Gasteiger partial charge in [-0.3, -0.25) is 0 Å². The third-order valence-electron chi connectivity index (χ3n) is 3.91.